The maximum atomic E-state index is 13.0. The zero-order valence-corrected chi connectivity index (χ0v) is 16.0. The fourth-order valence-corrected chi connectivity index (χ4v) is 4.07. The summed E-state index contributed by atoms with van der Waals surface area (Å²) in [5.74, 6) is -0.408. The Bertz CT molecular complexity index is 786. The number of primary amides is 1. The minimum Gasteiger partial charge on any atom is -0.384 e. The number of nitrogens with two attached hydrogens (primary N) is 1. The van der Waals surface area contributed by atoms with Gasteiger partial charge in [0, 0.05) is 44.3 Å². The number of carbonyl (C=O) groups excluding carboxylic acids is 2. The SMILES string of the molecule is NC(=O)[C@H]1CCN(C(=O)N2CC(c3ccc(NCC4(C(F)(F)F)CC4)cc3)C2)C1. The van der Waals surface area contributed by atoms with Crippen LogP contribution >= 0.6 is 0 Å². The molecule has 0 bridgehead atoms. The van der Waals surface area contributed by atoms with Crippen molar-refractivity contribution in [3.63, 3.8) is 0 Å². The first-order chi connectivity index (χ1) is 13.7. The number of halogens is 3. The first kappa shape index (κ1) is 19.8. The van der Waals surface area contributed by atoms with E-state index in [9.17, 15) is 22.8 Å². The van der Waals surface area contributed by atoms with Gasteiger partial charge in [0.05, 0.1) is 11.3 Å². The zero-order valence-electron chi connectivity index (χ0n) is 16.0. The summed E-state index contributed by atoms with van der Waals surface area (Å²) in [7, 11) is 0. The zero-order chi connectivity index (χ0) is 20.8. The Morgan fingerprint density at radius 3 is 2.28 bits per heavy atom. The summed E-state index contributed by atoms with van der Waals surface area (Å²) >= 11 is 0. The number of amides is 3. The van der Waals surface area contributed by atoms with Crippen molar-refractivity contribution in [3.8, 4) is 0 Å². The first-order valence-electron chi connectivity index (χ1n) is 9.92. The maximum absolute atomic E-state index is 13.0. The average molecular weight is 410 g/mol. The number of benzene rings is 1. The summed E-state index contributed by atoms with van der Waals surface area (Å²) in [5, 5.41) is 2.90. The van der Waals surface area contributed by atoms with E-state index in [1.807, 2.05) is 12.1 Å². The van der Waals surface area contributed by atoms with Gasteiger partial charge in [-0.1, -0.05) is 12.1 Å². The van der Waals surface area contributed by atoms with Crippen molar-refractivity contribution in [3.05, 3.63) is 29.8 Å². The number of hydrogen-bond acceptors (Lipinski definition) is 3. The van der Waals surface area contributed by atoms with Gasteiger partial charge in [-0.2, -0.15) is 13.2 Å². The van der Waals surface area contributed by atoms with Gasteiger partial charge in [0.1, 0.15) is 0 Å². The van der Waals surface area contributed by atoms with Crippen molar-refractivity contribution in [2.24, 2.45) is 17.1 Å². The molecule has 9 heteroatoms. The van der Waals surface area contributed by atoms with Crippen LogP contribution in [0.4, 0.5) is 23.7 Å². The molecule has 1 aliphatic carbocycles. The second-order valence-electron chi connectivity index (χ2n) is 8.47. The van der Waals surface area contributed by atoms with Gasteiger partial charge in [0.2, 0.25) is 5.91 Å². The smallest absolute Gasteiger partial charge is 0.384 e. The lowest BCUT2D eigenvalue weighted by Crippen LogP contribution is -2.53. The molecule has 4 rings (SSSR count). The number of urea groups is 1. The third kappa shape index (κ3) is 3.86. The highest BCUT2D eigenvalue weighted by molar-refractivity contribution is 5.80. The molecule has 0 radical (unpaired) electrons. The largest absolute Gasteiger partial charge is 0.396 e. The maximum Gasteiger partial charge on any atom is 0.396 e. The Hall–Kier alpha value is -2.45. The summed E-state index contributed by atoms with van der Waals surface area (Å²) in [6.07, 6.45) is -3.17. The number of anilines is 1. The van der Waals surface area contributed by atoms with Crippen LogP contribution in [-0.2, 0) is 4.79 Å². The van der Waals surface area contributed by atoms with Crippen molar-refractivity contribution in [1.82, 2.24) is 9.80 Å². The number of alkyl halides is 3. The first-order valence-corrected chi connectivity index (χ1v) is 9.92. The van der Waals surface area contributed by atoms with Crippen molar-refractivity contribution >= 4 is 17.6 Å². The standard InChI is InChI=1S/C20H25F3N4O2/c21-20(22,23)19(6-7-19)12-25-16-3-1-13(2-4-16)15-10-27(11-15)18(29)26-8-5-14(9-26)17(24)28/h1-4,14-15,25H,5-12H2,(H2,24,28)/t14-/m0/s1. The topological polar surface area (TPSA) is 78.7 Å². The predicted octanol–water partition coefficient (Wildman–Crippen LogP) is 2.77. The molecule has 2 heterocycles. The molecule has 2 aliphatic heterocycles. The molecule has 1 saturated carbocycles. The minimum absolute atomic E-state index is 0.0647. The van der Waals surface area contributed by atoms with Crippen LogP contribution in [0.5, 0.6) is 0 Å². The van der Waals surface area contributed by atoms with Gasteiger partial charge in [-0.05, 0) is 37.0 Å². The Labute approximate surface area is 167 Å². The molecule has 3 N–H and O–H groups in total. The van der Waals surface area contributed by atoms with Crippen LogP contribution in [0.25, 0.3) is 0 Å². The summed E-state index contributed by atoms with van der Waals surface area (Å²) < 4.78 is 39.0. The quantitative estimate of drug-likeness (QED) is 0.784. The van der Waals surface area contributed by atoms with Crippen LogP contribution in [0, 0.1) is 11.3 Å². The average Bonchev–Trinajstić information content (AvgIpc) is 3.27. The van der Waals surface area contributed by atoms with Crippen LogP contribution < -0.4 is 11.1 Å². The fraction of sp³-hybridized carbons (Fsp3) is 0.600. The Morgan fingerprint density at radius 2 is 1.76 bits per heavy atom. The van der Waals surface area contributed by atoms with Gasteiger partial charge in [-0.15, -0.1) is 0 Å². The summed E-state index contributed by atoms with van der Waals surface area (Å²) in [6, 6.07) is 7.33. The van der Waals surface area contributed by atoms with Crippen molar-refractivity contribution in [1.29, 1.82) is 0 Å². The van der Waals surface area contributed by atoms with E-state index in [-0.39, 0.29) is 43.2 Å². The molecule has 0 spiro atoms. The third-order valence-corrected chi connectivity index (χ3v) is 6.48. The van der Waals surface area contributed by atoms with E-state index >= 15 is 0 Å². The molecule has 1 aromatic carbocycles. The monoisotopic (exact) mass is 410 g/mol. The molecule has 3 fully saturated rings. The van der Waals surface area contributed by atoms with Crippen LogP contribution in [0.2, 0.25) is 0 Å². The predicted molar refractivity (Wildman–Crippen MR) is 101 cm³/mol. The van der Waals surface area contributed by atoms with E-state index < -0.39 is 11.6 Å². The third-order valence-electron chi connectivity index (χ3n) is 6.48. The van der Waals surface area contributed by atoms with Gasteiger partial charge in [0.25, 0.3) is 0 Å². The van der Waals surface area contributed by atoms with Gasteiger partial charge < -0.3 is 20.9 Å². The lowest BCUT2D eigenvalue weighted by atomic mass is 9.91. The van der Waals surface area contributed by atoms with Crippen LogP contribution in [0.3, 0.4) is 0 Å². The Morgan fingerprint density at radius 1 is 1.10 bits per heavy atom. The van der Waals surface area contributed by atoms with Crippen molar-refractivity contribution in [2.75, 3.05) is 38.0 Å². The number of rotatable bonds is 5. The number of carbonyl (C=O) groups is 2. The molecular formula is C20H25F3N4O2. The number of hydrogen-bond donors (Lipinski definition) is 2. The molecule has 3 aliphatic rings. The van der Waals surface area contributed by atoms with E-state index in [2.05, 4.69) is 5.32 Å². The molecule has 2 saturated heterocycles. The normalized spacial score (nSPS) is 23.6. The molecule has 1 aromatic rings. The Kier molecular flexibility index (Phi) is 4.86. The minimum atomic E-state index is -4.16. The molecule has 29 heavy (non-hydrogen) atoms. The van der Waals surface area contributed by atoms with Crippen LogP contribution in [0.1, 0.15) is 30.7 Å². The van der Waals surface area contributed by atoms with E-state index in [0.717, 1.165) is 5.56 Å². The summed E-state index contributed by atoms with van der Waals surface area (Å²) in [5.41, 5.74) is 5.48. The molecule has 0 aromatic heterocycles. The van der Waals surface area contributed by atoms with E-state index in [1.54, 1.807) is 21.9 Å². The second-order valence-corrected chi connectivity index (χ2v) is 8.47. The van der Waals surface area contributed by atoms with Gasteiger partial charge in [-0.25, -0.2) is 4.79 Å². The van der Waals surface area contributed by atoms with E-state index in [4.69, 9.17) is 5.73 Å². The van der Waals surface area contributed by atoms with Crippen molar-refractivity contribution in [2.45, 2.75) is 31.4 Å². The van der Waals surface area contributed by atoms with E-state index in [0.29, 0.717) is 38.3 Å². The molecule has 0 unspecified atom stereocenters. The molecule has 6 nitrogen and oxygen atoms in total. The Balaban J connectivity index is 1.25. The highest BCUT2D eigenvalue weighted by Gasteiger charge is 2.62. The number of nitrogens with one attached hydrogen (secondary N) is 1. The molecule has 3 amide bonds. The van der Waals surface area contributed by atoms with E-state index in [1.165, 1.54) is 0 Å². The van der Waals surface area contributed by atoms with Crippen LogP contribution in [-0.4, -0.2) is 60.6 Å². The number of nitrogens with zero attached hydrogens (tertiary/aromatic N) is 2. The highest BCUT2D eigenvalue weighted by atomic mass is 19.4. The van der Waals surface area contributed by atoms with Gasteiger partial charge >= 0.3 is 12.2 Å². The van der Waals surface area contributed by atoms with Gasteiger partial charge in [-0.3, -0.25) is 4.79 Å². The fourth-order valence-electron chi connectivity index (χ4n) is 4.07. The second kappa shape index (κ2) is 7.11. The van der Waals surface area contributed by atoms with Crippen molar-refractivity contribution < 1.29 is 22.8 Å². The van der Waals surface area contributed by atoms with Gasteiger partial charge in [0.15, 0.2) is 0 Å². The van der Waals surface area contributed by atoms with Crippen LogP contribution in [0.15, 0.2) is 24.3 Å². The lowest BCUT2D eigenvalue weighted by Gasteiger charge is -2.41. The summed E-state index contributed by atoms with van der Waals surface area (Å²) in [4.78, 5) is 27.2. The number of likely N-dealkylation sites (tertiary alicyclic amines) is 2. The lowest BCUT2D eigenvalue weighted by molar-refractivity contribution is -0.182. The highest BCUT2D eigenvalue weighted by Crippen LogP contribution is 2.57. The summed E-state index contributed by atoms with van der Waals surface area (Å²) in [6.45, 7) is 2.03. The molecule has 1 atom stereocenters. The molecule has 158 valence electrons. The molecular weight excluding hydrogens is 385 g/mol.